The zero-order valence-corrected chi connectivity index (χ0v) is 11.7. The molecule has 0 aliphatic heterocycles. The first-order valence-corrected chi connectivity index (χ1v) is 8.54. The largest absolute Gasteiger partial charge is 0.299 e. The second-order valence-corrected chi connectivity index (χ2v) is 7.31. The van der Waals surface area contributed by atoms with Crippen LogP contribution in [0, 0.1) is 0 Å². The SMILES string of the molecule is CCS(=O)(=O)CCN(CCBr)C1CCC1. The molecule has 15 heavy (non-hydrogen) atoms. The standard InChI is InChI=1S/C10H20BrNO2S/c1-2-15(13,14)9-8-12(7-6-11)10-4-3-5-10/h10H,2-9H2,1H3. The number of halogens is 1. The molecule has 0 aromatic rings. The second kappa shape index (κ2) is 6.21. The first-order chi connectivity index (χ1) is 7.09. The lowest BCUT2D eigenvalue weighted by molar-refractivity contribution is 0.144. The number of hydrogen-bond donors (Lipinski definition) is 0. The van der Waals surface area contributed by atoms with Crippen molar-refractivity contribution in [1.82, 2.24) is 4.90 Å². The Morgan fingerprint density at radius 3 is 2.40 bits per heavy atom. The van der Waals surface area contributed by atoms with Gasteiger partial charge in [0.25, 0.3) is 0 Å². The Morgan fingerprint density at radius 1 is 1.33 bits per heavy atom. The summed E-state index contributed by atoms with van der Waals surface area (Å²) in [6, 6.07) is 0.634. The van der Waals surface area contributed by atoms with Crippen molar-refractivity contribution in [3.8, 4) is 0 Å². The maximum atomic E-state index is 11.4. The molecule has 0 aromatic heterocycles. The summed E-state index contributed by atoms with van der Waals surface area (Å²) in [4.78, 5) is 2.31. The van der Waals surface area contributed by atoms with Crippen LogP contribution in [-0.2, 0) is 9.84 Å². The van der Waals surface area contributed by atoms with E-state index in [1.807, 2.05) is 0 Å². The van der Waals surface area contributed by atoms with Crippen molar-refractivity contribution in [2.24, 2.45) is 0 Å². The van der Waals surface area contributed by atoms with Gasteiger partial charge in [-0.2, -0.15) is 0 Å². The lowest BCUT2D eigenvalue weighted by Crippen LogP contribution is -2.43. The Balaban J connectivity index is 2.37. The summed E-state index contributed by atoms with van der Waals surface area (Å²) in [5.41, 5.74) is 0. The van der Waals surface area contributed by atoms with Crippen molar-refractivity contribution in [1.29, 1.82) is 0 Å². The van der Waals surface area contributed by atoms with Gasteiger partial charge in [-0.3, -0.25) is 4.90 Å². The zero-order valence-electron chi connectivity index (χ0n) is 9.28. The molecular formula is C10H20BrNO2S. The van der Waals surface area contributed by atoms with Crippen LogP contribution in [0.3, 0.4) is 0 Å². The van der Waals surface area contributed by atoms with E-state index < -0.39 is 9.84 Å². The minimum absolute atomic E-state index is 0.264. The van der Waals surface area contributed by atoms with Gasteiger partial charge < -0.3 is 0 Å². The number of hydrogen-bond acceptors (Lipinski definition) is 3. The fourth-order valence-corrected chi connectivity index (χ4v) is 2.99. The summed E-state index contributed by atoms with van der Waals surface area (Å²) in [7, 11) is -2.81. The highest BCUT2D eigenvalue weighted by atomic mass is 79.9. The number of sulfone groups is 1. The predicted molar refractivity (Wildman–Crippen MR) is 67.3 cm³/mol. The molecule has 1 saturated carbocycles. The van der Waals surface area contributed by atoms with Crippen molar-refractivity contribution in [2.75, 3.05) is 29.9 Å². The van der Waals surface area contributed by atoms with Crippen molar-refractivity contribution in [3.63, 3.8) is 0 Å². The van der Waals surface area contributed by atoms with Gasteiger partial charge in [-0.05, 0) is 12.8 Å². The molecule has 5 heteroatoms. The van der Waals surface area contributed by atoms with E-state index in [-0.39, 0.29) is 5.75 Å². The van der Waals surface area contributed by atoms with Crippen LogP contribution in [-0.4, -0.2) is 49.3 Å². The van der Waals surface area contributed by atoms with Crippen LogP contribution >= 0.6 is 15.9 Å². The summed E-state index contributed by atoms with van der Waals surface area (Å²) in [5, 5.41) is 0.926. The van der Waals surface area contributed by atoms with E-state index in [9.17, 15) is 8.42 Å². The third-order valence-corrected chi connectivity index (χ3v) is 5.13. The molecule has 3 nitrogen and oxygen atoms in total. The molecule has 1 aliphatic rings. The Kier molecular flexibility index (Phi) is 5.57. The van der Waals surface area contributed by atoms with E-state index in [4.69, 9.17) is 0 Å². The average molecular weight is 298 g/mol. The Bertz CT molecular complexity index is 275. The third-order valence-electron chi connectivity index (χ3n) is 3.09. The Hall–Kier alpha value is 0.390. The highest BCUT2D eigenvalue weighted by Crippen LogP contribution is 2.24. The second-order valence-electron chi connectivity index (χ2n) is 4.05. The lowest BCUT2D eigenvalue weighted by Gasteiger charge is -2.37. The fourth-order valence-electron chi connectivity index (χ4n) is 1.74. The van der Waals surface area contributed by atoms with E-state index >= 15 is 0 Å². The molecule has 0 bridgehead atoms. The summed E-state index contributed by atoms with van der Waals surface area (Å²) < 4.78 is 22.8. The summed E-state index contributed by atoms with van der Waals surface area (Å²) in [5.74, 6) is 0.576. The van der Waals surface area contributed by atoms with E-state index in [2.05, 4.69) is 20.8 Å². The number of alkyl halides is 1. The van der Waals surface area contributed by atoms with Gasteiger partial charge in [0.15, 0.2) is 9.84 Å². The number of rotatable bonds is 7. The van der Waals surface area contributed by atoms with Crippen molar-refractivity contribution in [3.05, 3.63) is 0 Å². The molecule has 0 radical (unpaired) electrons. The van der Waals surface area contributed by atoms with Crippen molar-refractivity contribution >= 4 is 25.8 Å². The summed E-state index contributed by atoms with van der Waals surface area (Å²) in [6.07, 6.45) is 3.77. The van der Waals surface area contributed by atoms with Gasteiger partial charge in [-0.25, -0.2) is 8.42 Å². The van der Waals surface area contributed by atoms with Crippen LogP contribution in [0.5, 0.6) is 0 Å². The van der Waals surface area contributed by atoms with Gasteiger partial charge in [-0.1, -0.05) is 29.3 Å². The molecule has 0 spiro atoms. The summed E-state index contributed by atoms with van der Waals surface area (Å²) >= 11 is 3.42. The zero-order chi connectivity index (χ0) is 11.3. The van der Waals surface area contributed by atoms with Gasteiger partial charge in [0.05, 0.1) is 5.75 Å². The molecule has 0 unspecified atom stereocenters. The minimum atomic E-state index is -2.81. The van der Waals surface area contributed by atoms with Crippen molar-refractivity contribution < 1.29 is 8.42 Å². The van der Waals surface area contributed by atoms with E-state index in [0.29, 0.717) is 18.3 Å². The van der Waals surface area contributed by atoms with Gasteiger partial charge in [-0.15, -0.1) is 0 Å². The molecule has 1 aliphatic carbocycles. The molecule has 1 rings (SSSR count). The molecule has 1 fully saturated rings. The first-order valence-electron chi connectivity index (χ1n) is 5.59. The van der Waals surface area contributed by atoms with E-state index in [0.717, 1.165) is 11.9 Å². The first kappa shape index (κ1) is 13.5. The average Bonchev–Trinajstić information content (AvgIpc) is 2.12. The van der Waals surface area contributed by atoms with Crippen molar-refractivity contribution in [2.45, 2.75) is 32.2 Å². The molecule has 0 heterocycles. The predicted octanol–water partition coefficient (Wildman–Crippen LogP) is 1.67. The molecule has 0 saturated heterocycles. The van der Waals surface area contributed by atoms with Crippen LogP contribution in [0.4, 0.5) is 0 Å². The van der Waals surface area contributed by atoms with Gasteiger partial charge in [0.1, 0.15) is 0 Å². The lowest BCUT2D eigenvalue weighted by atomic mass is 9.91. The highest BCUT2D eigenvalue weighted by molar-refractivity contribution is 9.09. The van der Waals surface area contributed by atoms with Crippen LogP contribution in [0.15, 0.2) is 0 Å². The molecule has 0 amide bonds. The van der Waals surface area contributed by atoms with Crippen LogP contribution < -0.4 is 0 Å². The maximum Gasteiger partial charge on any atom is 0.151 e. The number of nitrogens with zero attached hydrogens (tertiary/aromatic N) is 1. The van der Waals surface area contributed by atoms with Gasteiger partial charge >= 0.3 is 0 Å². The topological polar surface area (TPSA) is 37.4 Å². The molecular weight excluding hydrogens is 278 g/mol. The van der Waals surface area contributed by atoms with E-state index in [1.165, 1.54) is 19.3 Å². The smallest absolute Gasteiger partial charge is 0.151 e. The third kappa shape index (κ3) is 4.41. The van der Waals surface area contributed by atoms with Crippen LogP contribution in [0.2, 0.25) is 0 Å². The molecule has 0 aromatic carbocycles. The Morgan fingerprint density at radius 2 is 2.00 bits per heavy atom. The molecule has 0 atom stereocenters. The van der Waals surface area contributed by atoms with E-state index in [1.54, 1.807) is 6.92 Å². The Labute approximate surface area is 101 Å². The van der Waals surface area contributed by atoms with Gasteiger partial charge in [0.2, 0.25) is 0 Å². The normalized spacial score (nSPS) is 18.1. The highest BCUT2D eigenvalue weighted by Gasteiger charge is 2.25. The fraction of sp³-hybridized carbons (Fsp3) is 1.00. The monoisotopic (exact) mass is 297 g/mol. The maximum absolute atomic E-state index is 11.4. The van der Waals surface area contributed by atoms with Crippen LogP contribution in [0.25, 0.3) is 0 Å². The quantitative estimate of drug-likeness (QED) is 0.671. The van der Waals surface area contributed by atoms with Gasteiger partial charge in [0, 0.05) is 30.2 Å². The van der Waals surface area contributed by atoms with Crippen LogP contribution in [0.1, 0.15) is 26.2 Å². The summed E-state index contributed by atoms with van der Waals surface area (Å²) in [6.45, 7) is 3.38. The molecule has 90 valence electrons. The molecule has 0 N–H and O–H groups in total. The minimum Gasteiger partial charge on any atom is -0.299 e.